The van der Waals surface area contributed by atoms with Crippen molar-refractivity contribution in [3.63, 3.8) is 0 Å². The lowest BCUT2D eigenvalue weighted by Crippen LogP contribution is -2.29. The topological polar surface area (TPSA) is 88.6 Å². The van der Waals surface area contributed by atoms with E-state index in [1.54, 1.807) is 60.7 Å². The van der Waals surface area contributed by atoms with Gasteiger partial charge in [0.15, 0.2) is 0 Å². The minimum Gasteiger partial charge on any atom is -0.497 e. The van der Waals surface area contributed by atoms with Gasteiger partial charge in [0, 0.05) is 17.4 Å². The van der Waals surface area contributed by atoms with E-state index in [4.69, 9.17) is 4.74 Å². The summed E-state index contributed by atoms with van der Waals surface area (Å²) in [5.74, 6) is -0.589. The molecule has 2 heterocycles. The van der Waals surface area contributed by atoms with Crippen LogP contribution in [0.3, 0.4) is 0 Å². The Morgan fingerprint density at radius 2 is 1.79 bits per heavy atom. The van der Waals surface area contributed by atoms with Crippen LogP contribution in [0.25, 0.3) is 0 Å². The van der Waals surface area contributed by atoms with Gasteiger partial charge in [-0.2, -0.15) is 0 Å². The highest BCUT2D eigenvalue weighted by molar-refractivity contribution is 6.33. The quantitative estimate of drug-likeness (QED) is 0.710. The average molecular weight is 373 g/mol. The lowest BCUT2D eigenvalue weighted by molar-refractivity contribution is 0.0923. The van der Waals surface area contributed by atoms with E-state index in [1.807, 2.05) is 0 Å². The number of anilines is 2. The summed E-state index contributed by atoms with van der Waals surface area (Å²) in [7, 11) is 1.53. The van der Waals surface area contributed by atoms with Crippen LogP contribution in [0.2, 0.25) is 0 Å². The molecule has 7 nitrogen and oxygen atoms in total. The second-order valence-electron chi connectivity index (χ2n) is 6.08. The van der Waals surface area contributed by atoms with E-state index in [-0.39, 0.29) is 17.2 Å². The summed E-state index contributed by atoms with van der Waals surface area (Å²) in [5, 5.41) is 2.77. The average Bonchev–Trinajstić information content (AvgIpc) is 2.99. The van der Waals surface area contributed by atoms with Gasteiger partial charge in [-0.05, 0) is 54.6 Å². The molecule has 1 aromatic heterocycles. The van der Waals surface area contributed by atoms with Crippen LogP contribution in [-0.4, -0.2) is 29.8 Å². The van der Waals surface area contributed by atoms with E-state index in [9.17, 15) is 14.4 Å². The zero-order valence-corrected chi connectivity index (χ0v) is 14.9. The van der Waals surface area contributed by atoms with Crippen molar-refractivity contribution in [1.29, 1.82) is 0 Å². The zero-order chi connectivity index (χ0) is 19.7. The first-order valence-corrected chi connectivity index (χ1v) is 8.48. The molecule has 0 saturated carbocycles. The number of fused-ring (bicyclic) bond motifs is 1. The van der Waals surface area contributed by atoms with Gasteiger partial charge in [0.2, 0.25) is 0 Å². The van der Waals surface area contributed by atoms with Gasteiger partial charge < -0.3 is 10.1 Å². The van der Waals surface area contributed by atoms with Crippen molar-refractivity contribution >= 4 is 29.1 Å². The lowest BCUT2D eigenvalue weighted by Gasteiger charge is -2.14. The van der Waals surface area contributed by atoms with Gasteiger partial charge >= 0.3 is 0 Å². The molecule has 2 aromatic carbocycles. The lowest BCUT2D eigenvalue weighted by atomic mass is 10.2. The van der Waals surface area contributed by atoms with Gasteiger partial charge in [0.05, 0.1) is 18.4 Å². The Labute approximate surface area is 160 Å². The van der Waals surface area contributed by atoms with Gasteiger partial charge in [-0.15, -0.1) is 0 Å². The summed E-state index contributed by atoms with van der Waals surface area (Å²) < 4.78 is 5.12. The number of hydrogen-bond acceptors (Lipinski definition) is 5. The number of ether oxygens (including phenoxy) is 1. The van der Waals surface area contributed by atoms with Gasteiger partial charge in [0.25, 0.3) is 17.7 Å². The van der Waals surface area contributed by atoms with Gasteiger partial charge in [-0.1, -0.05) is 6.07 Å². The summed E-state index contributed by atoms with van der Waals surface area (Å²) in [6.07, 6.45) is 1.48. The number of nitrogens with one attached hydrogen (secondary N) is 1. The number of methoxy groups -OCH3 is 1. The van der Waals surface area contributed by atoms with Gasteiger partial charge in [-0.25, -0.2) is 4.90 Å². The van der Waals surface area contributed by atoms with Crippen molar-refractivity contribution in [2.75, 3.05) is 17.3 Å². The van der Waals surface area contributed by atoms with Crippen molar-refractivity contribution in [3.05, 3.63) is 83.7 Å². The Balaban J connectivity index is 1.53. The van der Waals surface area contributed by atoms with E-state index >= 15 is 0 Å². The van der Waals surface area contributed by atoms with Crippen LogP contribution in [0.1, 0.15) is 31.2 Å². The Bertz CT molecular complexity index is 1060. The zero-order valence-electron chi connectivity index (χ0n) is 14.9. The van der Waals surface area contributed by atoms with Crippen molar-refractivity contribution < 1.29 is 19.1 Å². The molecule has 0 atom stereocenters. The molecule has 7 heteroatoms. The molecule has 4 rings (SSSR count). The molecule has 0 saturated heterocycles. The van der Waals surface area contributed by atoms with Crippen LogP contribution in [0.4, 0.5) is 11.4 Å². The van der Waals surface area contributed by atoms with Crippen LogP contribution >= 0.6 is 0 Å². The Morgan fingerprint density at radius 3 is 2.50 bits per heavy atom. The van der Waals surface area contributed by atoms with E-state index < -0.39 is 11.8 Å². The summed E-state index contributed by atoms with van der Waals surface area (Å²) >= 11 is 0. The molecule has 1 N–H and O–H groups in total. The fourth-order valence-electron chi connectivity index (χ4n) is 2.96. The number of carbonyl (C=O) groups is 3. The van der Waals surface area contributed by atoms with Crippen molar-refractivity contribution in [1.82, 2.24) is 4.98 Å². The molecule has 28 heavy (non-hydrogen) atoms. The molecule has 0 unspecified atom stereocenters. The fourth-order valence-corrected chi connectivity index (χ4v) is 2.96. The highest BCUT2D eigenvalue weighted by Crippen LogP contribution is 2.28. The first-order valence-electron chi connectivity index (χ1n) is 8.48. The van der Waals surface area contributed by atoms with E-state index in [2.05, 4.69) is 10.3 Å². The monoisotopic (exact) mass is 373 g/mol. The summed E-state index contributed by atoms with van der Waals surface area (Å²) in [6, 6.07) is 16.4. The van der Waals surface area contributed by atoms with Crippen molar-refractivity contribution in [2.24, 2.45) is 0 Å². The minimum atomic E-state index is -0.464. The third-order valence-electron chi connectivity index (χ3n) is 4.36. The molecular weight excluding hydrogens is 358 g/mol. The fraction of sp³-hybridized carbons (Fsp3) is 0.0476. The molecule has 1 aliphatic heterocycles. The number of nitrogens with zero attached hydrogens (tertiary/aromatic N) is 2. The molecule has 0 spiro atoms. The molecule has 0 fully saturated rings. The van der Waals surface area contributed by atoms with Crippen LogP contribution in [-0.2, 0) is 0 Å². The van der Waals surface area contributed by atoms with E-state index in [0.29, 0.717) is 22.7 Å². The molecule has 0 bridgehead atoms. The maximum atomic E-state index is 12.5. The second-order valence-corrected chi connectivity index (χ2v) is 6.08. The minimum absolute atomic E-state index is 0.142. The third kappa shape index (κ3) is 2.99. The molecule has 138 valence electrons. The van der Waals surface area contributed by atoms with Crippen LogP contribution in [0, 0.1) is 0 Å². The number of aromatic nitrogens is 1. The van der Waals surface area contributed by atoms with Gasteiger partial charge in [0.1, 0.15) is 11.4 Å². The highest BCUT2D eigenvalue weighted by atomic mass is 16.5. The third-order valence-corrected chi connectivity index (χ3v) is 4.36. The molecule has 0 radical (unpaired) electrons. The maximum absolute atomic E-state index is 12.5. The highest BCUT2D eigenvalue weighted by Gasteiger charge is 2.37. The molecular formula is C21H15N3O4. The predicted octanol–water partition coefficient (Wildman–Crippen LogP) is 3.14. The van der Waals surface area contributed by atoms with Crippen molar-refractivity contribution in [3.8, 4) is 5.75 Å². The summed E-state index contributed by atoms with van der Waals surface area (Å²) in [4.78, 5) is 42.4. The second kappa shape index (κ2) is 6.96. The number of amides is 3. The maximum Gasteiger partial charge on any atom is 0.284 e. The van der Waals surface area contributed by atoms with Crippen LogP contribution < -0.4 is 15.0 Å². The summed E-state index contributed by atoms with van der Waals surface area (Å²) in [5.41, 5.74) is 1.82. The number of hydrogen-bond donors (Lipinski definition) is 1. The number of pyridine rings is 1. The first kappa shape index (κ1) is 17.4. The van der Waals surface area contributed by atoms with E-state index in [0.717, 1.165) is 4.90 Å². The number of imide groups is 1. The van der Waals surface area contributed by atoms with Gasteiger partial charge in [-0.3, -0.25) is 19.4 Å². The number of rotatable bonds is 4. The normalized spacial score (nSPS) is 12.7. The molecule has 3 aromatic rings. The number of benzene rings is 2. The smallest absolute Gasteiger partial charge is 0.284 e. The van der Waals surface area contributed by atoms with Crippen LogP contribution in [0.15, 0.2) is 66.9 Å². The Kier molecular flexibility index (Phi) is 4.33. The molecule has 0 aliphatic carbocycles. The Hall–Kier alpha value is -4.00. The van der Waals surface area contributed by atoms with Crippen molar-refractivity contribution in [2.45, 2.75) is 0 Å². The molecule has 1 aliphatic rings. The van der Waals surface area contributed by atoms with E-state index in [1.165, 1.54) is 13.3 Å². The number of carbonyl (C=O) groups excluding carboxylic acids is 3. The Morgan fingerprint density at radius 1 is 1.00 bits per heavy atom. The largest absolute Gasteiger partial charge is 0.497 e. The SMILES string of the molecule is COc1cccc(C(=O)Nc2ccc(N3C(=O)c4cccnc4C3=O)cc2)c1. The van der Waals surface area contributed by atoms with Crippen LogP contribution in [0.5, 0.6) is 5.75 Å². The predicted molar refractivity (Wildman–Crippen MR) is 103 cm³/mol. The first-order chi connectivity index (χ1) is 13.6. The molecule has 3 amide bonds. The summed E-state index contributed by atoms with van der Waals surface area (Å²) in [6.45, 7) is 0. The standard InChI is InChI=1S/C21H15N3O4/c1-28-16-5-2-4-13(12-16)19(25)23-14-7-9-15(10-8-14)24-20(26)17-6-3-11-22-18(17)21(24)27/h2-12H,1H3,(H,23,25).